The van der Waals surface area contributed by atoms with Crippen LogP contribution in [0, 0.1) is 22.5 Å². The van der Waals surface area contributed by atoms with E-state index < -0.39 is 33.4 Å². The largest absolute Gasteiger partial charge is 0.504 e. The van der Waals surface area contributed by atoms with Crippen molar-refractivity contribution in [2.24, 2.45) is 5.73 Å². The van der Waals surface area contributed by atoms with Crippen LogP contribution in [0.1, 0.15) is 38.2 Å². The van der Waals surface area contributed by atoms with Gasteiger partial charge in [0.1, 0.15) is 0 Å². The molecule has 1 aromatic carbocycles. The topological polar surface area (TPSA) is 127 Å². The fraction of sp³-hybridized carbons (Fsp3) is 0.400. The summed E-state index contributed by atoms with van der Waals surface area (Å²) in [6.07, 6.45) is 6.71. The van der Waals surface area contributed by atoms with Gasteiger partial charge in [-0.15, -0.1) is 12.3 Å². The number of nitrogens with zero attached hydrogens (tertiary/aromatic N) is 1. The number of terminal acetylenes is 1. The molecule has 0 aliphatic carbocycles. The molecule has 0 radical (unpaired) electrons. The zero-order valence-electron chi connectivity index (χ0n) is 12.2. The third-order valence-electron chi connectivity index (χ3n) is 3.61. The molecule has 1 atom stereocenters. The number of hydrogen-bond donors (Lipinski definition) is 3. The van der Waals surface area contributed by atoms with Gasteiger partial charge < -0.3 is 15.9 Å². The minimum Gasteiger partial charge on any atom is -0.504 e. The summed E-state index contributed by atoms with van der Waals surface area (Å²) in [5.74, 6) is 0.691. The van der Waals surface area contributed by atoms with Crippen molar-refractivity contribution < 1.29 is 19.9 Å². The van der Waals surface area contributed by atoms with Crippen molar-refractivity contribution >= 4 is 11.6 Å². The number of hydrogen-bond acceptors (Lipinski definition) is 5. The minimum atomic E-state index is -0.783. The van der Waals surface area contributed by atoms with Gasteiger partial charge in [-0.3, -0.25) is 14.9 Å². The molecule has 118 valence electrons. The highest BCUT2D eigenvalue weighted by molar-refractivity contribution is 5.73. The van der Waals surface area contributed by atoms with Gasteiger partial charge in [0.25, 0.3) is 0 Å². The molecule has 0 aliphatic heterocycles. The van der Waals surface area contributed by atoms with Crippen molar-refractivity contribution in [1.82, 2.24) is 0 Å². The van der Waals surface area contributed by atoms with E-state index in [1.165, 1.54) is 12.1 Å². The first-order valence-electron chi connectivity index (χ1n) is 6.64. The van der Waals surface area contributed by atoms with Crippen LogP contribution in [0.3, 0.4) is 0 Å². The molecule has 0 fully saturated rings. The molecule has 1 unspecified atom stereocenters. The quantitative estimate of drug-likeness (QED) is 0.307. The summed E-state index contributed by atoms with van der Waals surface area (Å²) in [5, 5.41) is 30.2. The smallest absolute Gasteiger partial charge is 0.314 e. The molecule has 0 saturated heterocycles. The van der Waals surface area contributed by atoms with Crippen LogP contribution >= 0.6 is 0 Å². The van der Waals surface area contributed by atoms with Gasteiger partial charge in [0.2, 0.25) is 11.7 Å². The second kappa shape index (κ2) is 6.80. The van der Waals surface area contributed by atoms with Gasteiger partial charge in [-0.2, -0.15) is 0 Å². The number of aromatic hydroxyl groups is 2. The average molecular weight is 306 g/mol. The fourth-order valence-corrected chi connectivity index (χ4v) is 2.30. The van der Waals surface area contributed by atoms with Crippen LogP contribution in [-0.2, 0) is 10.2 Å². The van der Waals surface area contributed by atoms with Gasteiger partial charge in [0, 0.05) is 24.3 Å². The number of nitro benzene ring substituents is 1. The van der Waals surface area contributed by atoms with Crippen molar-refractivity contribution in [2.45, 2.75) is 38.0 Å². The Morgan fingerprint density at radius 2 is 2.14 bits per heavy atom. The van der Waals surface area contributed by atoms with Crippen molar-refractivity contribution in [2.75, 3.05) is 0 Å². The maximum Gasteiger partial charge on any atom is 0.314 e. The Hall–Kier alpha value is -2.75. The van der Waals surface area contributed by atoms with E-state index in [1.807, 2.05) is 0 Å². The minimum absolute atomic E-state index is 0.173. The lowest BCUT2D eigenvalue weighted by molar-refractivity contribution is -0.386. The summed E-state index contributed by atoms with van der Waals surface area (Å²) in [7, 11) is 0. The Morgan fingerprint density at radius 1 is 1.50 bits per heavy atom. The normalized spacial score (nSPS) is 13.1. The van der Waals surface area contributed by atoms with E-state index >= 15 is 0 Å². The number of nitrogens with two attached hydrogens (primary N) is 1. The van der Waals surface area contributed by atoms with E-state index in [0.717, 1.165) is 0 Å². The second-order valence-corrected chi connectivity index (χ2v) is 5.38. The monoisotopic (exact) mass is 306 g/mol. The van der Waals surface area contributed by atoms with Gasteiger partial charge in [0.05, 0.1) is 4.92 Å². The second-order valence-electron chi connectivity index (χ2n) is 5.38. The van der Waals surface area contributed by atoms with Gasteiger partial charge >= 0.3 is 5.69 Å². The summed E-state index contributed by atoms with van der Waals surface area (Å²) >= 11 is 0. The maximum atomic E-state index is 10.9. The van der Waals surface area contributed by atoms with Gasteiger partial charge in [-0.25, -0.2) is 0 Å². The molecule has 0 heterocycles. The predicted octanol–water partition coefficient (Wildman–Crippen LogP) is 1.94. The van der Waals surface area contributed by atoms with E-state index in [4.69, 9.17) is 12.2 Å². The van der Waals surface area contributed by atoms with Crippen molar-refractivity contribution in [3.8, 4) is 23.8 Å². The summed E-state index contributed by atoms with van der Waals surface area (Å²) < 4.78 is 0. The van der Waals surface area contributed by atoms with Crippen LogP contribution in [0.25, 0.3) is 0 Å². The highest BCUT2D eigenvalue weighted by Crippen LogP contribution is 2.42. The Kier molecular flexibility index (Phi) is 5.35. The lowest BCUT2D eigenvalue weighted by atomic mass is 9.75. The van der Waals surface area contributed by atoms with Crippen LogP contribution in [0.2, 0.25) is 0 Å². The number of phenolic OH excluding ortho intramolecular Hbond substituents is 2. The summed E-state index contributed by atoms with van der Waals surface area (Å²) in [5.41, 5.74) is 4.26. The zero-order valence-corrected chi connectivity index (χ0v) is 12.2. The molecular weight excluding hydrogens is 288 g/mol. The number of primary amides is 1. The van der Waals surface area contributed by atoms with Crippen LogP contribution in [0.5, 0.6) is 11.5 Å². The highest BCUT2D eigenvalue weighted by Gasteiger charge is 2.30. The first-order valence-corrected chi connectivity index (χ1v) is 6.64. The fourth-order valence-electron chi connectivity index (χ4n) is 2.30. The molecule has 1 rings (SSSR count). The molecule has 7 heteroatoms. The summed E-state index contributed by atoms with van der Waals surface area (Å²) in [6.45, 7) is 1.78. The lowest BCUT2D eigenvalue weighted by Crippen LogP contribution is -2.22. The molecule has 22 heavy (non-hydrogen) atoms. The average Bonchev–Trinajstić information content (AvgIpc) is 2.41. The van der Waals surface area contributed by atoms with E-state index in [0.29, 0.717) is 18.4 Å². The maximum absolute atomic E-state index is 10.9. The Bertz CT molecular complexity index is 636. The standard InChI is InChI=1S/C15H18N2O5/c1-3-6-15(2,7-4-5-13(16)19)10-8-11(17(21)22)14(20)12(18)9-10/h1,8-9,18,20H,4-7H2,2H3,(H2,16,19). The number of carbonyl (C=O) groups excluding carboxylic acids is 1. The van der Waals surface area contributed by atoms with Crippen LogP contribution in [0.15, 0.2) is 12.1 Å². The number of amides is 1. The molecule has 0 aromatic heterocycles. The number of phenols is 2. The number of benzene rings is 1. The first kappa shape index (κ1) is 17.3. The van der Waals surface area contributed by atoms with Crippen molar-refractivity contribution in [3.05, 3.63) is 27.8 Å². The van der Waals surface area contributed by atoms with E-state index in [-0.39, 0.29) is 12.8 Å². The zero-order chi connectivity index (χ0) is 16.9. The molecule has 4 N–H and O–H groups in total. The molecule has 7 nitrogen and oxygen atoms in total. The van der Waals surface area contributed by atoms with E-state index in [9.17, 15) is 25.1 Å². The van der Waals surface area contributed by atoms with Crippen LogP contribution in [0.4, 0.5) is 5.69 Å². The van der Waals surface area contributed by atoms with Crippen molar-refractivity contribution in [1.29, 1.82) is 0 Å². The molecular formula is C15H18N2O5. The summed E-state index contributed by atoms with van der Waals surface area (Å²) in [4.78, 5) is 21.0. The van der Waals surface area contributed by atoms with Crippen LogP contribution < -0.4 is 5.73 Å². The molecule has 0 saturated carbocycles. The highest BCUT2D eigenvalue weighted by atomic mass is 16.6. The van der Waals surface area contributed by atoms with Gasteiger partial charge in [0.15, 0.2) is 5.75 Å². The Morgan fingerprint density at radius 3 is 2.64 bits per heavy atom. The van der Waals surface area contributed by atoms with E-state index in [2.05, 4.69) is 5.92 Å². The van der Waals surface area contributed by atoms with Gasteiger partial charge in [-0.1, -0.05) is 6.92 Å². The predicted molar refractivity (Wildman–Crippen MR) is 80.3 cm³/mol. The van der Waals surface area contributed by atoms with Crippen LogP contribution in [-0.4, -0.2) is 21.0 Å². The third-order valence-corrected chi connectivity index (χ3v) is 3.61. The number of carbonyl (C=O) groups is 1. The lowest BCUT2D eigenvalue weighted by Gasteiger charge is -2.28. The molecule has 1 aromatic rings. The SMILES string of the molecule is C#CCC(C)(CCCC(N)=O)c1cc(O)c(O)c([N+](=O)[O-])c1. The Labute approximate surface area is 127 Å². The number of rotatable bonds is 7. The molecule has 1 amide bonds. The summed E-state index contributed by atoms with van der Waals surface area (Å²) in [6, 6.07) is 2.45. The first-order chi connectivity index (χ1) is 10.2. The Balaban J connectivity index is 3.23. The molecule has 0 spiro atoms. The third kappa shape index (κ3) is 3.88. The van der Waals surface area contributed by atoms with Gasteiger partial charge in [-0.05, 0) is 24.5 Å². The number of nitro groups is 1. The molecule has 0 bridgehead atoms. The van der Waals surface area contributed by atoms with Crippen molar-refractivity contribution in [3.63, 3.8) is 0 Å². The molecule has 0 aliphatic rings. The van der Waals surface area contributed by atoms with E-state index in [1.54, 1.807) is 6.92 Å².